The van der Waals surface area contributed by atoms with E-state index in [1.807, 2.05) is 42.5 Å². The van der Waals surface area contributed by atoms with E-state index in [4.69, 9.17) is 25.8 Å². The van der Waals surface area contributed by atoms with E-state index in [1.165, 1.54) is 0 Å². The van der Waals surface area contributed by atoms with Gasteiger partial charge in [-0.3, -0.25) is 0 Å². The number of anilines is 1. The molecule has 0 aliphatic rings. The molecule has 0 aliphatic heterocycles. The largest absolute Gasteiger partial charge is 0.497 e. The molecule has 2 aromatic rings. The molecule has 0 amide bonds. The Kier molecular flexibility index (Phi) is 5.58. The van der Waals surface area contributed by atoms with Crippen LogP contribution in [0, 0.1) is 0 Å². The highest BCUT2D eigenvalue weighted by atomic mass is 35.5. The van der Waals surface area contributed by atoms with Crippen LogP contribution >= 0.6 is 11.6 Å². The number of rotatable bonds is 7. The van der Waals surface area contributed by atoms with Gasteiger partial charge in [-0.1, -0.05) is 11.6 Å². The lowest BCUT2D eigenvalue weighted by atomic mass is 10.3. The summed E-state index contributed by atoms with van der Waals surface area (Å²) in [7, 11) is 3.23. The van der Waals surface area contributed by atoms with Crippen LogP contribution < -0.4 is 19.5 Å². The highest BCUT2D eigenvalue weighted by Gasteiger charge is 2.01. The smallest absolute Gasteiger partial charge is 0.137 e. The summed E-state index contributed by atoms with van der Waals surface area (Å²) in [5.41, 5.74) is 0.930. The van der Waals surface area contributed by atoms with Crippen molar-refractivity contribution in [1.82, 2.24) is 0 Å². The second-order valence-corrected chi connectivity index (χ2v) is 4.71. The molecule has 0 bridgehead atoms. The molecule has 112 valence electrons. The summed E-state index contributed by atoms with van der Waals surface area (Å²) in [6, 6.07) is 13.1. The van der Waals surface area contributed by atoms with Crippen LogP contribution in [-0.4, -0.2) is 27.4 Å². The molecule has 0 aromatic heterocycles. The highest BCUT2D eigenvalue weighted by molar-refractivity contribution is 6.32. The fourth-order valence-corrected chi connectivity index (χ4v) is 2.07. The maximum atomic E-state index is 6.06. The van der Waals surface area contributed by atoms with E-state index in [0.717, 1.165) is 17.2 Å². The number of methoxy groups -OCH3 is 2. The first kappa shape index (κ1) is 15.3. The van der Waals surface area contributed by atoms with Gasteiger partial charge < -0.3 is 19.5 Å². The third-order valence-electron chi connectivity index (χ3n) is 2.91. The number of hydrogen-bond acceptors (Lipinski definition) is 4. The van der Waals surface area contributed by atoms with Crippen molar-refractivity contribution >= 4 is 17.3 Å². The van der Waals surface area contributed by atoms with Crippen LogP contribution in [0.4, 0.5) is 5.69 Å². The number of ether oxygens (including phenoxy) is 3. The SMILES string of the molecule is COc1ccc(OCCNc2ccc(OC)c(Cl)c2)cc1. The Morgan fingerprint density at radius 2 is 1.67 bits per heavy atom. The Morgan fingerprint density at radius 3 is 2.29 bits per heavy atom. The van der Waals surface area contributed by atoms with Crippen molar-refractivity contribution in [1.29, 1.82) is 0 Å². The van der Waals surface area contributed by atoms with E-state index in [2.05, 4.69) is 5.32 Å². The van der Waals surface area contributed by atoms with E-state index in [-0.39, 0.29) is 0 Å². The fraction of sp³-hybridized carbons (Fsp3) is 0.250. The second kappa shape index (κ2) is 7.64. The van der Waals surface area contributed by atoms with E-state index >= 15 is 0 Å². The Hall–Kier alpha value is -2.07. The van der Waals surface area contributed by atoms with Gasteiger partial charge in [0.05, 0.1) is 19.2 Å². The first-order chi connectivity index (χ1) is 10.2. The molecule has 0 saturated carbocycles. The molecule has 0 fully saturated rings. The number of benzene rings is 2. The van der Waals surface area contributed by atoms with E-state index in [0.29, 0.717) is 23.9 Å². The van der Waals surface area contributed by atoms with E-state index in [9.17, 15) is 0 Å². The lowest BCUT2D eigenvalue weighted by Gasteiger charge is -2.10. The van der Waals surface area contributed by atoms with Gasteiger partial charge in [-0.25, -0.2) is 0 Å². The average molecular weight is 308 g/mol. The van der Waals surface area contributed by atoms with Gasteiger partial charge in [-0.15, -0.1) is 0 Å². The minimum absolute atomic E-state index is 0.552. The zero-order valence-corrected chi connectivity index (χ0v) is 12.8. The van der Waals surface area contributed by atoms with Crippen LogP contribution in [0.15, 0.2) is 42.5 Å². The van der Waals surface area contributed by atoms with Gasteiger partial charge >= 0.3 is 0 Å². The summed E-state index contributed by atoms with van der Waals surface area (Å²) in [6.45, 7) is 1.23. The van der Waals surface area contributed by atoms with Crippen molar-refractivity contribution < 1.29 is 14.2 Å². The van der Waals surface area contributed by atoms with Crippen molar-refractivity contribution in [3.05, 3.63) is 47.5 Å². The van der Waals surface area contributed by atoms with Crippen LogP contribution in [0.5, 0.6) is 17.2 Å². The van der Waals surface area contributed by atoms with Crippen molar-refractivity contribution in [2.45, 2.75) is 0 Å². The quantitative estimate of drug-likeness (QED) is 0.789. The van der Waals surface area contributed by atoms with Crippen LogP contribution in [0.1, 0.15) is 0 Å². The molecule has 2 aromatic carbocycles. The van der Waals surface area contributed by atoms with Gasteiger partial charge in [0, 0.05) is 12.2 Å². The molecule has 21 heavy (non-hydrogen) atoms. The molecular weight excluding hydrogens is 290 g/mol. The monoisotopic (exact) mass is 307 g/mol. The van der Waals surface area contributed by atoms with Crippen molar-refractivity contribution in [2.24, 2.45) is 0 Å². The van der Waals surface area contributed by atoms with Crippen molar-refractivity contribution in [3.8, 4) is 17.2 Å². The Bertz CT molecular complexity index is 572. The molecule has 0 unspecified atom stereocenters. The molecule has 5 heteroatoms. The molecule has 0 aliphatic carbocycles. The molecule has 2 rings (SSSR count). The molecule has 1 N–H and O–H groups in total. The zero-order chi connectivity index (χ0) is 15.1. The maximum absolute atomic E-state index is 6.06. The summed E-state index contributed by atoms with van der Waals surface area (Å²) in [6.07, 6.45) is 0. The van der Waals surface area contributed by atoms with Crippen LogP contribution in [0.25, 0.3) is 0 Å². The summed E-state index contributed by atoms with van der Waals surface area (Å²) in [5, 5.41) is 3.82. The fourth-order valence-electron chi connectivity index (χ4n) is 1.81. The molecule has 0 saturated heterocycles. The minimum Gasteiger partial charge on any atom is -0.497 e. The van der Waals surface area contributed by atoms with Crippen molar-refractivity contribution in [3.63, 3.8) is 0 Å². The lowest BCUT2D eigenvalue weighted by molar-refractivity contribution is 0.332. The molecular formula is C16H18ClNO3. The van der Waals surface area contributed by atoms with Crippen LogP contribution in [0.3, 0.4) is 0 Å². The number of halogens is 1. The first-order valence-corrected chi connectivity index (χ1v) is 6.95. The normalized spacial score (nSPS) is 10.0. The molecule has 0 spiro atoms. The van der Waals surface area contributed by atoms with Crippen LogP contribution in [0.2, 0.25) is 5.02 Å². The van der Waals surface area contributed by atoms with Crippen LogP contribution in [-0.2, 0) is 0 Å². The third kappa shape index (κ3) is 4.46. The Balaban J connectivity index is 1.77. The summed E-state index contributed by atoms with van der Waals surface area (Å²) in [5.74, 6) is 2.29. The summed E-state index contributed by atoms with van der Waals surface area (Å²) >= 11 is 6.06. The van der Waals surface area contributed by atoms with Crippen molar-refractivity contribution in [2.75, 3.05) is 32.7 Å². The minimum atomic E-state index is 0.552. The molecule has 0 atom stereocenters. The predicted molar refractivity (Wildman–Crippen MR) is 85.0 cm³/mol. The van der Waals surface area contributed by atoms with Gasteiger partial charge in [0.1, 0.15) is 23.9 Å². The Morgan fingerprint density at radius 1 is 0.952 bits per heavy atom. The lowest BCUT2D eigenvalue weighted by Crippen LogP contribution is -2.11. The maximum Gasteiger partial charge on any atom is 0.137 e. The predicted octanol–water partition coefficient (Wildman–Crippen LogP) is 3.85. The first-order valence-electron chi connectivity index (χ1n) is 6.57. The highest BCUT2D eigenvalue weighted by Crippen LogP contribution is 2.27. The van der Waals surface area contributed by atoms with Gasteiger partial charge in [0.2, 0.25) is 0 Å². The second-order valence-electron chi connectivity index (χ2n) is 4.30. The third-order valence-corrected chi connectivity index (χ3v) is 3.21. The average Bonchev–Trinajstić information content (AvgIpc) is 2.52. The number of nitrogens with one attached hydrogen (secondary N) is 1. The van der Waals surface area contributed by atoms with Gasteiger partial charge in [0.15, 0.2) is 0 Å². The molecule has 0 radical (unpaired) electrons. The summed E-state index contributed by atoms with van der Waals surface area (Å²) < 4.78 is 15.8. The van der Waals surface area contributed by atoms with Gasteiger partial charge in [-0.2, -0.15) is 0 Å². The van der Waals surface area contributed by atoms with Gasteiger partial charge in [0.25, 0.3) is 0 Å². The standard InChI is InChI=1S/C16H18ClNO3/c1-19-13-4-6-14(7-5-13)21-10-9-18-12-3-8-16(20-2)15(17)11-12/h3-8,11,18H,9-10H2,1-2H3. The van der Waals surface area contributed by atoms with Gasteiger partial charge in [-0.05, 0) is 42.5 Å². The topological polar surface area (TPSA) is 39.7 Å². The van der Waals surface area contributed by atoms with E-state index < -0.39 is 0 Å². The Labute approximate surface area is 129 Å². The molecule has 4 nitrogen and oxygen atoms in total. The van der Waals surface area contributed by atoms with E-state index in [1.54, 1.807) is 14.2 Å². The molecule has 0 heterocycles. The number of hydrogen-bond donors (Lipinski definition) is 1. The summed E-state index contributed by atoms with van der Waals surface area (Å²) in [4.78, 5) is 0. The zero-order valence-electron chi connectivity index (χ0n) is 12.1.